The van der Waals surface area contributed by atoms with Crippen LogP contribution in [-0.2, 0) is 4.74 Å². The Morgan fingerprint density at radius 1 is 1.27 bits per heavy atom. The van der Waals surface area contributed by atoms with E-state index in [1.807, 2.05) is 6.92 Å². The van der Waals surface area contributed by atoms with Crippen LogP contribution in [0.15, 0.2) is 18.3 Å². The summed E-state index contributed by atoms with van der Waals surface area (Å²) >= 11 is 1.29. The van der Waals surface area contributed by atoms with E-state index < -0.39 is 53.8 Å². The van der Waals surface area contributed by atoms with Gasteiger partial charge in [0.05, 0.1) is 18.3 Å². The molecule has 1 aromatic carbocycles. The molecule has 1 aliphatic heterocycles. The number of nitrogens with two attached hydrogens (primary N) is 1. The second kappa shape index (κ2) is 8.96. The van der Waals surface area contributed by atoms with Gasteiger partial charge in [0, 0.05) is 11.8 Å². The molecule has 5 unspecified atom stereocenters. The average molecular weight is 394 g/mol. The highest BCUT2D eigenvalue weighted by Crippen LogP contribution is 2.28. The van der Waals surface area contributed by atoms with Crippen LogP contribution in [0.3, 0.4) is 0 Å². The predicted octanol–water partition coefficient (Wildman–Crippen LogP) is 0.511. The van der Waals surface area contributed by atoms with Gasteiger partial charge in [-0.3, -0.25) is 0 Å². The molecule has 0 aliphatic carbocycles. The van der Waals surface area contributed by atoms with Gasteiger partial charge >= 0.3 is 0 Å². The first-order chi connectivity index (χ1) is 12.3. The Bertz CT molecular complexity index is 641. The number of aliphatic hydroxyl groups is 3. The molecule has 0 amide bonds. The van der Waals surface area contributed by atoms with Crippen LogP contribution < -0.4 is 11.1 Å². The summed E-state index contributed by atoms with van der Waals surface area (Å²) in [7, 11) is 0. The zero-order chi connectivity index (χ0) is 19.4. The normalized spacial score (nSPS) is 29.7. The summed E-state index contributed by atoms with van der Waals surface area (Å²) in [5.74, 6) is -3.74. The lowest BCUT2D eigenvalue weighted by atomic mass is 9.97. The first kappa shape index (κ1) is 20.8. The summed E-state index contributed by atoms with van der Waals surface area (Å²) in [5.41, 5.74) is 4.82. The second-order valence-corrected chi connectivity index (χ2v) is 7.08. The quantitative estimate of drug-likeness (QED) is 0.448. The van der Waals surface area contributed by atoms with Crippen molar-refractivity contribution in [1.29, 1.82) is 0 Å². The molecule has 2 rings (SSSR count). The predicted molar refractivity (Wildman–Crippen MR) is 91.3 cm³/mol. The molecule has 1 fully saturated rings. The Balaban J connectivity index is 2.20. The molecule has 6 nitrogen and oxygen atoms in total. The number of ether oxygens (including phenoxy) is 1. The zero-order valence-corrected chi connectivity index (χ0v) is 14.7. The molecular formula is C16H21F3N2O4S. The number of benzene rings is 1. The molecule has 1 aliphatic rings. The summed E-state index contributed by atoms with van der Waals surface area (Å²) in [6.07, 6.45) is -2.16. The van der Waals surface area contributed by atoms with E-state index in [2.05, 4.69) is 5.32 Å². The highest BCUT2D eigenvalue weighted by molar-refractivity contribution is 7.99. The molecule has 1 saturated heterocycles. The molecule has 0 bridgehead atoms. The van der Waals surface area contributed by atoms with Crippen molar-refractivity contribution in [2.75, 3.05) is 12.4 Å². The third kappa shape index (κ3) is 4.44. The molecule has 6 N–H and O–H groups in total. The van der Waals surface area contributed by atoms with Gasteiger partial charge in [0.25, 0.3) is 0 Å². The standard InChI is InChI=1S/C16H21F3N2O4S/c1-2-26-16-15(24)13(14(23)11(6-22)25-16)21-5-10(20)7-3-8(17)12(19)9(18)4-7/h3-5,11,13-16,21-24H,2,6,20H2,1H3/b10-5-. The smallest absolute Gasteiger partial charge is 0.194 e. The average Bonchev–Trinajstić information content (AvgIpc) is 2.61. The lowest BCUT2D eigenvalue weighted by molar-refractivity contribution is -0.164. The largest absolute Gasteiger partial charge is 0.397 e. The Morgan fingerprint density at radius 3 is 2.42 bits per heavy atom. The summed E-state index contributed by atoms with van der Waals surface area (Å²) in [5, 5.41) is 32.6. The Hall–Kier alpha value is -1.46. The Labute approximate surface area is 152 Å². The number of halogens is 3. The van der Waals surface area contributed by atoms with E-state index in [0.717, 1.165) is 18.3 Å². The molecule has 0 radical (unpaired) electrons. The van der Waals surface area contributed by atoms with Gasteiger partial charge in [-0.2, -0.15) is 0 Å². The number of aliphatic hydroxyl groups excluding tert-OH is 3. The summed E-state index contributed by atoms with van der Waals surface area (Å²) < 4.78 is 45.1. The molecule has 0 saturated carbocycles. The van der Waals surface area contributed by atoms with Crippen LogP contribution in [0.2, 0.25) is 0 Å². The fraction of sp³-hybridized carbons (Fsp3) is 0.500. The highest BCUT2D eigenvalue weighted by Gasteiger charge is 2.43. The van der Waals surface area contributed by atoms with Gasteiger partial charge in [-0.25, -0.2) is 13.2 Å². The maximum Gasteiger partial charge on any atom is 0.194 e. The first-order valence-corrected chi connectivity index (χ1v) is 8.95. The van der Waals surface area contributed by atoms with Crippen LogP contribution in [0.25, 0.3) is 5.70 Å². The van der Waals surface area contributed by atoms with E-state index in [9.17, 15) is 28.5 Å². The first-order valence-electron chi connectivity index (χ1n) is 7.90. The van der Waals surface area contributed by atoms with Crippen molar-refractivity contribution in [2.45, 2.75) is 36.7 Å². The van der Waals surface area contributed by atoms with Crippen molar-refractivity contribution in [3.63, 3.8) is 0 Å². The van der Waals surface area contributed by atoms with Crippen LogP contribution in [0.5, 0.6) is 0 Å². The van der Waals surface area contributed by atoms with Crippen molar-refractivity contribution in [2.24, 2.45) is 5.73 Å². The van der Waals surface area contributed by atoms with E-state index in [1.54, 1.807) is 0 Å². The topological polar surface area (TPSA) is 108 Å². The van der Waals surface area contributed by atoms with Crippen LogP contribution in [-0.4, -0.2) is 57.5 Å². The minimum absolute atomic E-state index is 0.108. The molecule has 0 spiro atoms. The third-order valence-electron chi connectivity index (χ3n) is 3.96. The highest BCUT2D eigenvalue weighted by atomic mass is 32.2. The van der Waals surface area contributed by atoms with Gasteiger partial charge in [-0.15, -0.1) is 11.8 Å². The molecular weight excluding hydrogens is 373 g/mol. The molecule has 1 aromatic rings. The minimum atomic E-state index is -1.60. The molecule has 5 atom stereocenters. The molecule has 146 valence electrons. The van der Waals surface area contributed by atoms with Gasteiger partial charge in [0.15, 0.2) is 17.5 Å². The fourth-order valence-corrected chi connectivity index (χ4v) is 3.49. The van der Waals surface area contributed by atoms with E-state index in [-0.39, 0.29) is 11.3 Å². The maximum atomic E-state index is 13.3. The monoisotopic (exact) mass is 394 g/mol. The maximum absolute atomic E-state index is 13.3. The number of hydrogen-bond acceptors (Lipinski definition) is 7. The van der Waals surface area contributed by atoms with Crippen molar-refractivity contribution < 1.29 is 33.2 Å². The summed E-state index contributed by atoms with van der Waals surface area (Å²) in [6.45, 7) is 1.40. The van der Waals surface area contributed by atoms with E-state index >= 15 is 0 Å². The van der Waals surface area contributed by atoms with E-state index in [1.165, 1.54) is 11.8 Å². The van der Waals surface area contributed by atoms with Crippen molar-refractivity contribution in [3.05, 3.63) is 41.3 Å². The molecule has 10 heteroatoms. The molecule has 1 heterocycles. The summed E-state index contributed by atoms with van der Waals surface area (Å²) in [4.78, 5) is 0. The van der Waals surface area contributed by atoms with E-state index in [4.69, 9.17) is 10.5 Å². The van der Waals surface area contributed by atoms with Crippen LogP contribution in [0.1, 0.15) is 12.5 Å². The van der Waals surface area contributed by atoms with Crippen molar-refractivity contribution in [1.82, 2.24) is 5.32 Å². The van der Waals surface area contributed by atoms with Gasteiger partial charge in [-0.1, -0.05) is 6.92 Å². The summed E-state index contributed by atoms with van der Waals surface area (Å²) in [6, 6.07) is 0.517. The van der Waals surface area contributed by atoms with Gasteiger partial charge in [0.2, 0.25) is 0 Å². The Morgan fingerprint density at radius 2 is 1.88 bits per heavy atom. The molecule has 0 aromatic heterocycles. The van der Waals surface area contributed by atoms with Crippen molar-refractivity contribution >= 4 is 17.5 Å². The van der Waals surface area contributed by atoms with Crippen LogP contribution in [0, 0.1) is 17.5 Å². The van der Waals surface area contributed by atoms with Crippen LogP contribution >= 0.6 is 11.8 Å². The SMILES string of the molecule is CCSC1OC(CO)C(O)C(N/C=C(\N)c2cc(F)c(F)c(F)c2)C1O. The fourth-order valence-electron chi connectivity index (χ4n) is 2.58. The van der Waals surface area contributed by atoms with Gasteiger partial charge in [0.1, 0.15) is 23.7 Å². The number of hydrogen-bond donors (Lipinski definition) is 5. The van der Waals surface area contributed by atoms with Gasteiger partial charge in [-0.05, 0) is 17.9 Å². The number of rotatable bonds is 6. The van der Waals surface area contributed by atoms with Crippen LogP contribution in [0.4, 0.5) is 13.2 Å². The van der Waals surface area contributed by atoms with Crippen molar-refractivity contribution in [3.8, 4) is 0 Å². The van der Waals surface area contributed by atoms with E-state index in [0.29, 0.717) is 5.75 Å². The second-order valence-electron chi connectivity index (χ2n) is 5.71. The zero-order valence-electron chi connectivity index (χ0n) is 13.9. The number of nitrogens with one attached hydrogen (secondary N) is 1. The minimum Gasteiger partial charge on any atom is -0.397 e. The lowest BCUT2D eigenvalue weighted by Gasteiger charge is -2.42. The van der Waals surface area contributed by atoms with Gasteiger partial charge < -0.3 is 31.1 Å². The third-order valence-corrected chi connectivity index (χ3v) is 5.02. The molecule has 26 heavy (non-hydrogen) atoms. The Kier molecular flexibility index (Phi) is 7.18. The number of thioether (sulfide) groups is 1. The lowest BCUT2D eigenvalue weighted by Crippen LogP contribution is -2.62.